The highest BCUT2D eigenvalue weighted by molar-refractivity contribution is 7.89. The molecule has 0 radical (unpaired) electrons. The molecule has 3 N–H and O–H groups in total. The molecular formula is C18H24ClN3O3S2. The summed E-state index contributed by atoms with van der Waals surface area (Å²) in [6.45, 7) is 3.04. The molecule has 1 unspecified atom stereocenters. The molecule has 2 aromatic rings. The number of carbonyl (C=O) groups excluding carboxylic acids is 1. The highest BCUT2D eigenvalue weighted by Gasteiger charge is 2.32. The van der Waals surface area contributed by atoms with Crippen LogP contribution < -0.4 is 11.1 Å². The Balaban J connectivity index is 0.00000261. The fourth-order valence-electron chi connectivity index (χ4n) is 2.97. The molecule has 0 fully saturated rings. The first kappa shape index (κ1) is 21.8. The maximum Gasteiger partial charge on any atom is 0.262 e. The number of hydrogen-bond donors (Lipinski definition) is 2. The lowest BCUT2D eigenvalue weighted by Crippen LogP contribution is -2.37. The summed E-state index contributed by atoms with van der Waals surface area (Å²) in [5, 5.41) is 4.40. The molecule has 1 aliphatic rings. The molecule has 148 valence electrons. The number of fused-ring (bicyclic) bond motifs is 1. The first-order valence-electron chi connectivity index (χ1n) is 8.58. The normalized spacial score (nSPS) is 15.5. The van der Waals surface area contributed by atoms with Gasteiger partial charge in [-0.05, 0) is 42.3 Å². The van der Waals surface area contributed by atoms with Gasteiger partial charge in [-0.25, -0.2) is 8.42 Å². The zero-order chi connectivity index (χ0) is 18.7. The Morgan fingerprint density at radius 2 is 2.00 bits per heavy atom. The molecule has 1 aromatic carbocycles. The van der Waals surface area contributed by atoms with Gasteiger partial charge >= 0.3 is 0 Å². The Hall–Kier alpha value is -1.45. The van der Waals surface area contributed by atoms with E-state index >= 15 is 0 Å². The number of halogens is 1. The Morgan fingerprint density at radius 1 is 1.30 bits per heavy atom. The van der Waals surface area contributed by atoms with Gasteiger partial charge in [0.1, 0.15) is 9.77 Å². The van der Waals surface area contributed by atoms with Gasteiger partial charge < -0.3 is 11.1 Å². The summed E-state index contributed by atoms with van der Waals surface area (Å²) in [6.07, 6.45) is 1.32. The Labute approximate surface area is 170 Å². The van der Waals surface area contributed by atoms with E-state index in [4.69, 9.17) is 5.73 Å². The number of carbonyl (C=O) groups is 1. The molecule has 1 aliphatic heterocycles. The van der Waals surface area contributed by atoms with Crippen molar-refractivity contribution in [1.29, 1.82) is 0 Å². The largest absolute Gasteiger partial charge is 0.351 e. The van der Waals surface area contributed by atoms with Crippen molar-refractivity contribution in [2.45, 2.75) is 37.2 Å². The van der Waals surface area contributed by atoms with E-state index in [0.717, 1.165) is 16.9 Å². The number of nitrogens with two attached hydrogens (primary N) is 1. The average molecular weight is 430 g/mol. The maximum absolute atomic E-state index is 13.1. The predicted octanol–water partition coefficient (Wildman–Crippen LogP) is 2.38. The van der Waals surface area contributed by atoms with E-state index in [0.29, 0.717) is 32.5 Å². The van der Waals surface area contributed by atoms with Crippen LogP contribution in [0, 0.1) is 0 Å². The fraction of sp³-hybridized carbons (Fsp3) is 0.389. The van der Waals surface area contributed by atoms with Crippen molar-refractivity contribution in [2.75, 3.05) is 13.1 Å². The molecule has 6 nitrogen and oxygen atoms in total. The lowest BCUT2D eigenvalue weighted by atomic mass is 10.0. The van der Waals surface area contributed by atoms with E-state index in [-0.39, 0.29) is 34.1 Å². The Kier molecular flexibility index (Phi) is 7.41. The number of rotatable bonds is 6. The topological polar surface area (TPSA) is 92.5 Å². The standard InChI is InChI=1S/C18H23N3O3S2.ClH/c1-13(19)6-9-20-18(22)17-16(8-11-25-17)26(23,24)21-10-7-14-4-2-3-5-15(14)12-21;/h2-5,8,11,13H,6-7,9-10,12,19H2,1H3,(H,20,22);1H. The summed E-state index contributed by atoms with van der Waals surface area (Å²) in [5.41, 5.74) is 7.87. The van der Waals surface area contributed by atoms with Crippen LogP contribution in [0.1, 0.15) is 34.1 Å². The van der Waals surface area contributed by atoms with Crippen molar-refractivity contribution in [2.24, 2.45) is 5.73 Å². The molecule has 3 rings (SSSR count). The minimum absolute atomic E-state index is 0. The number of sulfonamides is 1. The van der Waals surface area contributed by atoms with Crippen molar-refractivity contribution in [3.8, 4) is 0 Å². The highest BCUT2D eigenvalue weighted by Crippen LogP contribution is 2.29. The molecule has 2 heterocycles. The van der Waals surface area contributed by atoms with Crippen LogP contribution in [0.4, 0.5) is 0 Å². The van der Waals surface area contributed by atoms with Crippen molar-refractivity contribution < 1.29 is 13.2 Å². The fourth-order valence-corrected chi connectivity index (χ4v) is 5.71. The summed E-state index contributed by atoms with van der Waals surface area (Å²) < 4.78 is 27.7. The van der Waals surface area contributed by atoms with Gasteiger partial charge in [-0.3, -0.25) is 4.79 Å². The molecule has 27 heavy (non-hydrogen) atoms. The molecule has 1 amide bonds. The van der Waals surface area contributed by atoms with Gasteiger partial charge in [0.2, 0.25) is 10.0 Å². The number of benzene rings is 1. The molecule has 0 spiro atoms. The smallest absolute Gasteiger partial charge is 0.262 e. The number of amides is 1. The van der Waals surface area contributed by atoms with E-state index in [9.17, 15) is 13.2 Å². The third-order valence-electron chi connectivity index (χ3n) is 4.43. The van der Waals surface area contributed by atoms with E-state index in [1.807, 2.05) is 31.2 Å². The Bertz CT molecular complexity index is 897. The first-order chi connectivity index (χ1) is 12.4. The van der Waals surface area contributed by atoms with Crippen LogP contribution in [0.3, 0.4) is 0 Å². The number of thiophene rings is 1. The molecular weight excluding hydrogens is 406 g/mol. The van der Waals surface area contributed by atoms with E-state index in [1.54, 1.807) is 5.38 Å². The van der Waals surface area contributed by atoms with Gasteiger partial charge in [0, 0.05) is 25.7 Å². The predicted molar refractivity (Wildman–Crippen MR) is 110 cm³/mol. The summed E-state index contributed by atoms with van der Waals surface area (Å²) in [5.74, 6) is -0.364. The Morgan fingerprint density at radius 3 is 2.70 bits per heavy atom. The van der Waals surface area contributed by atoms with Gasteiger partial charge in [0.05, 0.1) is 0 Å². The zero-order valence-electron chi connectivity index (χ0n) is 15.1. The first-order valence-corrected chi connectivity index (χ1v) is 10.9. The van der Waals surface area contributed by atoms with Gasteiger partial charge in [0.15, 0.2) is 0 Å². The highest BCUT2D eigenvalue weighted by atomic mass is 35.5. The number of nitrogens with zero attached hydrogens (tertiary/aromatic N) is 1. The zero-order valence-corrected chi connectivity index (χ0v) is 17.5. The summed E-state index contributed by atoms with van der Waals surface area (Å²) >= 11 is 1.14. The van der Waals surface area contributed by atoms with E-state index in [1.165, 1.54) is 15.9 Å². The molecule has 9 heteroatoms. The second kappa shape index (κ2) is 9.16. The molecule has 1 aromatic heterocycles. The van der Waals surface area contributed by atoms with Crippen LogP contribution in [0.2, 0.25) is 0 Å². The van der Waals surface area contributed by atoms with Gasteiger partial charge in [-0.15, -0.1) is 23.7 Å². The minimum atomic E-state index is -3.72. The van der Waals surface area contributed by atoms with Crippen LogP contribution in [0.15, 0.2) is 40.6 Å². The van der Waals surface area contributed by atoms with Crippen LogP contribution in [-0.2, 0) is 23.0 Å². The minimum Gasteiger partial charge on any atom is -0.351 e. The second-order valence-corrected chi connectivity index (χ2v) is 9.32. The third kappa shape index (κ3) is 4.89. The summed E-state index contributed by atoms with van der Waals surface area (Å²) in [6, 6.07) is 9.35. The lowest BCUT2D eigenvalue weighted by Gasteiger charge is -2.28. The number of nitrogens with one attached hydrogen (secondary N) is 1. The SMILES string of the molecule is CC(N)CCNC(=O)c1sccc1S(=O)(=O)N1CCc2ccccc2C1.Cl. The number of hydrogen-bond acceptors (Lipinski definition) is 5. The quantitative estimate of drug-likeness (QED) is 0.737. The molecule has 0 aliphatic carbocycles. The molecule has 0 saturated carbocycles. The van der Waals surface area contributed by atoms with Crippen molar-refractivity contribution >= 4 is 39.7 Å². The van der Waals surface area contributed by atoms with Crippen molar-refractivity contribution in [1.82, 2.24) is 9.62 Å². The third-order valence-corrected chi connectivity index (χ3v) is 7.36. The second-order valence-electron chi connectivity index (χ2n) is 6.49. The average Bonchev–Trinajstić information content (AvgIpc) is 3.11. The van der Waals surface area contributed by atoms with Crippen LogP contribution in [-0.4, -0.2) is 37.8 Å². The monoisotopic (exact) mass is 429 g/mol. The summed E-state index contributed by atoms with van der Waals surface area (Å²) in [7, 11) is -3.72. The van der Waals surface area contributed by atoms with E-state index < -0.39 is 10.0 Å². The van der Waals surface area contributed by atoms with E-state index in [2.05, 4.69) is 5.32 Å². The van der Waals surface area contributed by atoms with Gasteiger partial charge in [0.25, 0.3) is 5.91 Å². The van der Waals surface area contributed by atoms with Crippen LogP contribution in [0.5, 0.6) is 0 Å². The molecule has 0 saturated heterocycles. The summed E-state index contributed by atoms with van der Waals surface area (Å²) in [4.78, 5) is 12.7. The van der Waals surface area contributed by atoms with Crippen LogP contribution >= 0.6 is 23.7 Å². The van der Waals surface area contributed by atoms with Gasteiger partial charge in [-0.1, -0.05) is 24.3 Å². The van der Waals surface area contributed by atoms with Crippen molar-refractivity contribution in [3.63, 3.8) is 0 Å². The molecule has 1 atom stereocenters. The molecule has 0 bridgehead atoms. The lowest BCUT2D eigenvalue weighted by molar-refractivity contribution is 0.0953. The maximum atomic E-state index is 13.1. The van der Waals surface area contributed by atoms with Crippen LogP contribution in [0.25, 0.3) is 0 Å². The van der Waals surface area contributed by atoms with Gasteiger partial charge in [-0.2, -0.15) is 4.31 Å². The van der Waals surface area contributed by atoms with Crippen molar-refractivity contribution in [3.05, 3.63) is 51.7 Å².